The molecule has 10 rings (SSSR count). The summed E-state index contributed by atoms with van der Waals surface area (Å²) in [5.41, 5.74) is 8.77. The number of aliphatic hydroxyl groups is 4. The highest BCUT2D eigenvalue weighted by molar-refractivity contribution is 5.92. The summed E-state index contributed by atoms with van der Waals surface area (Å²) in [7, 11) is 3.35. The molecule has 2 saturated heterocycles. The molecule has 350 valence electrons. The average Bonchev–Trinajstić information content (AvgIpc) is 3.97. The van der Waals surface area contributed by atoms with Crippen LogP contribution in [-0.2, 0) is 13.1 Å². The Morgan fingerprint density at radius 3 is 1.66 bits per heavy atom. The number of methoxy groups -OCH3 is 2. The van der Waals surface area contributed by atoms with Gasteiger partial charge in [-0.3, -0.25) is 0 Å². The Hall–Kier alpha value is -6.86. The molecule has 2 aliphatic rings. The van der Waals surface area contributed by atoms with Crippen LogP contribution in [0.2, 0.25) is 0 Å². The van der Waals surface area contributed by atoms with E-state index >= 15 is 0 Å². The molecule has 1 unspecified atom stereocenters. The van der Waals surface area contributed by atoms with Crippen LogP contribution in [0.1, 0.15) is 41.5 Å². The molecule has 8 N–H and O–H groups in total. The number of hydrogen-bond donors (Lipinski definition) is 8. The maximum atomic E-state index is 10.0. The first-order chi connectivity index (χ1) is 32.6. The van der Waals surface area contributed by atoms with Gasteiger partial charge in [0.25, 0.3) is 0 Å². The van der Waals surface area contributed by atoms with Gasteiger partial charge in [0.05, 0.1) is 63.6 Å². The third kappa shape index (κ3) is 9.29. The minimum absolute atomic E-state index is 0.00573. The molecule has 2 aromatic carbocycles. The molecule has 2 aliphatic heterocycles. The molecule has 8 heterocycles. The number of aromatic amines is 2. The fourth-order valence-electron chi connectivity index (χ4n) is 9.23. The Morgan fingerprint density at radius 2 is 1.18 bits per heavy atom. The maximum Gasteiger partial charge on any atom is 0.182 e. The fraction of sp³-hybridized carbons (Fsp3) is 0.388. The number of aromatic nitrogens is 8. The largest absolute Gasteiger partial charge is 0.495 e. The smallest absolute Gasteiger partial charge is 0.182 e. The van der Waals surface area contributed by atoms with Gasteiger partial charge in [-0.25, -0.2) is 29.9 Å². The van der Waals surface area contributed by atoms with E-state index in [0.717, 1.165) is 98.6 Å². The van der Waals surface area contributed by atoms with Gasteiger partial charge in [0.2, 0.25) is 0 Å². The van der Waals surface area contributed by atoms with Crippen LogP contribution in [0.5, 0.6) is 11.5 Å². The summed E-state index contributed by atoms with van der Waals surface area (Å²) in [5, 5.41) is 48.0. The lowest BCUT2D eigenvalue weighted by Gasteiger charge is -2.40. The van der Waals surface area contributed by atoms with Crippen molar-refractivity contribution in [3.05, 3.63) is 95.6 Å². The van der Waals surface area contributed by atoms with E-state index in [0.29, 0.717) is 61.0 Å². The second-order valence-corrected chi connectivity index (χ2v) is 17.6. The Labute approximate surface area is 387 Å². The minimum Gasteiger partial charge on any atom is -0.495 e. The van der Waals surface area contributed by atoms with Gasteiger partial charge in [-0.1, -0.05) is 12.1 Å². The molecule has 2 atom stereocenters. The third-order valence-corrected chi connectivity index (χ3v) is 13.4. The van der Waals surface area contributed by atoms with Crippen LogP contribution in [0.4, 0.5) is 23.3 Å². The molecule has 6 aromatic heterocycles. The van der Waals surface area contributed by atoms with Gasteiger partial charge in [-0.2, -0.15) is 0 Å². The van der Waals surface area contributed by atoms with Crippen LogP contribution < -0.4 is 29.9 Å². The quantitative estimate of drug-likeness (QED) is 0.0701. The van der Waals surface area contributed by atoms with Gasteiger partial charge >= 0.3 is 0 Å². The standard InChI is InChI=1S/C25H30N6O3.C24H28N6O3/c1-16-11-28-23-19(34-2)5-3-17(22(16)23)12-27-20-13-26-18-4-6-21(30-24(18)29-20)31-9-7-25(14-32,15-33)8-10-31;1-14-9-27-23-19(33-2)5-3-15(22(14)23)10-26-20-11-25-17-4-6-21(29-24(17)28-20)30-8-7-18(32)16(12-30)13-31/h3-6,11,13,28,32-33H,7-10,12,14-15H2,1-2H3,(H,27,29,30);3-6,9,11,16,18,27,31-32H,7-8,10,12-13H2,1-2H3,(H,26,28,29)/t;16-,18?/m.1/s1. The Balaban J connectivity index is 0.000000168. The SMILES string of the molecule is COc1ccc(CNc2cnc3ccc(N4CCC(CO)(CO)CC4)nc3n2)c2c(C)c[nH]c12.COc1ccc(CNc2cnc3ccc(N4CCC(O)[C@@H](CO)C4)nc3n2)c2c(C)c[nH]c12. The highest BCUT2D eigenvalue weighted by Gasteiger charge is 2.34. The number of pyridine rings is 2. The monoisotopic (exact) mass is 910 g/mol. The first-order valence-corrected chi connectivity index (χ1v) is 22.7. The lowest BCUT2D eigenvalue weighted by molar-refractivity contribution is 0.0340. The first-order valence-electron chi connectivity index (χ1n) is 22.7. The molecule has 0 aliphatic carbocycles. The highest BCUT2D eigenvalue weighted by atomic mass is 16.5. The fourth-order valence-corrected chi connectivity index (χ4v) is 9.23. The predicted molar refractivity (Wildman–Crippen MR) is 260 cm³/mol. The van der Waals surface area contributed by atoms with Crippen LogP contribution in [0.3, 0.4) is 0 Å². The van der Waals surface area contributed by atoms with E-state index in [4.69, 9.17) is 24.4 Å². The molecule has 8 aromatic rings. The number of H-pyrrole nitrogens is 2. The lowest BCUT2D eigenvalue weighted by atomic mass is 9.80. The van der Waals surface area contributed by atoms with Crippen molar-refractivity contribution in [2.24, 2.45) is 11.3 Å². The van der Waals surface area contributed by atoms with E-state index in [2.05, 4.69) is 71.3 Å². The molecular weight excluding hydrogens is 853 g/mol. The number of benzene rings is 2. The molecule has 0 radical (unpaired) electrons. The number of aliphatic hydroxyl groups excluding tert-OH is 4. The van der Waals surface area contributed by atoms with Crippen LogP contribution in [0.25, 0.3) is 44.1 Å². The van der Waals surface area contributed by atoms with Crippen molar-refractivity contribution in [3.8, 4) is 11.5 Å². The van der Waals surface area contributed by atoms with Gasteiger partial charge in [0, 0.05) is 73.8 Å². The molecule has 0 bridgehead atoms. The summed E-state index contributed by atoms with van der Waals surface area (Å²) in [5.74, 6) is 4.38. The number of ether oxygens (including phenoxy) is 2. The van der Waals surface area contributed by atoms with E-state index in [9.17, 15) is 20.4 Å². The molecule has 0 amide bonds. The van der Waals surface area contributed by atoms with Crippen molar-refractivity contribution >= 4 is 67.4 Å². The number of aryl methyl sites for hydroxylation is 2. The van der Waals surface area contributed by atoms with Crippen molar-refractivity contribution in [1.82, 2.24) is 39.9 Å². The molecule has 18 heteroatoms. The van der Waals surface area contributed by atoms with Crippen LogP contribution in [-0.4, -0.2) is 127 Å². The van der Waals surface area contributed by atoms with Gasteiger partial charge in [-0.15, -0.1) is 0 Å². The number of piperidine rings is 2. The van der Waals surface area contributed by atoms with Crippen LogP contribution >= 0.6 is 0 Å². The third-order valence-electron chi connectivity index (χ3n) is 13.4. The molecule has 0 saturated carbocycles. The van der Waals surface area contributed by atoms with Gasteiger partial charge in [0.15, 0.2) is 11.3 Å². The molecular formula is C49H58N12O6. The van der Waals surface area contributed by atoms with Crippen molar-refractivity contribution in [1.29, 1.82) is 0 Å². The number of anilines is 4. The van der Waals surface area contributed by atoms with E-state index in [-0.39, 0.29) is 25.7 Å². The zero-order valence-electron chi connectivity index (χ0n) is 38.3. The summed E-state index contributed by atoms with van der Waals surface area (Å²) >= 11 is 0. The summed E-state index contributed by atoms with van der Waals surface area (Å²) in [6.07, 6.45) is 8.99. The van der Waals surface area contributed by atoms with Crippen LogP contribution in [0.15, 0.2) is 73.3 Å². The van der Waals surface area contributed by atoms with Crippen molar-refractivity contribution < 1.29 is 29.9 Å². The molecule has 67 heavy (non-hydrogen) atoms. The van der Waals surface area contributed by atoms with E-state index in [1.165, 1.54) is 0 Å². The summed E-state index contributed by atoms with van der Waals surface area (Å²) in [6, 6.07) is 15.8. The van der Waals surface area contributed by atoms with E-state index in [1.807, 2.05) is 48.8 Å². The van der Waals surface area contributed by atoms with Gasteiger partial charge in [-0.05, 0) is 91.8 Å². The number of nitrogens with one attached hydrogen (secondary N) is 4. The summed E-state index contributed by atoms with van der Waals surface area (Å²) in [6.45, 7) is 8.00. The highest BCUT2D eigenvalue weighted by Crippen LogP contribution is 2.34. The number of nitrogens with zero attached hydrogens (tertiary/aromatic N) is 8. The first kappa shape index (κ1) is 45.3. The Kier molecular flexibility index (Phi) is 13.2. The molecule has 18 nitrogen and oxygen atoms in total. The lowest BCUT2D eigenvalue weighted by Crippen LogP contribution is -2.45. The second-order valence-electron chi connectivity index (χ2n) is 17.6. The average molecular weight is 911 g/mol. The van der Waals surface area contributed by atoms with Crippen molar-refractivity contribution in [3.63, 3.8) is 0 Å². The number of hydrogen-bond acceptors (Lipinski definition) is 16. The number of fused-ring (bicyclic) bond motifs is 4. The van der Waals surface area contributed by atoms with Gasteiger partial charge in [0.1, 0.15) is 45.8 Å². The van der Waals surface area contributed by atoms with Gasteiger partial charge < -0.3 is 60.3 Å². The topological polar surface area (TPSA) is 239 Å². The minimum atomic E-state index is -0.476. The number of rotatable bonds is 13. The predicted octanol–water partition coefficient (Wildman–Crippen LogP) is 5.62. The normalized spacial score (nSPS) is 17.2. The maximum absolute atomic E-state index is 10.0. The Morgan fingerprint density at radius 1 is 0.672 bits per heavy atom. The summed E-state index contributed by atoms with van der Waals surface area (Å²) < 4.78 is 11.0. The van der Waals surface area contributed by atoms with E-state index < -0.39 is 11.5 Å². The molecule has 2 fully saturated rings. The molecule has 0 spiro atoms. The van der Waals surface area contributed by atoms with Crippen molar-refractivity contribution in [2.45, 2.75) is 52.3 Å². The van der Waals surface area contributed by atoms with Crippen molar-refractivity contribution in [2.75, 3.05) is 80.7 Å². The van der Waals surface area contributed by atoms with E-state index in [1.54, 1.807) is 26.6 Å². The van der Waals surface area contributed by atoms with Crippen LogP contribution in [0, 0.1) is 25.2 Å². The Bertz CT molecular complexity index is 3000. The summed E-state index contributed by atoms with van der Waals surface area (Å²) in [4.78, 5) is 38.7. The second kappa shape index (κ2) is 19.5. The zero-order valence-corrected chi connectivity index (χ0v) is 38.3. The zero-order chi connectivity index (χ0) is 46.7.